The zero-order valence-electron chi connectivity index (χ0n) is 10.0. The lowest BCUT2D eigenvalue weighted by Gasteiger charge is -2.26. The molecule has 2 aliphatic rings. The highest BCUT2D eigenvalue weighted by Gasteiger charge is 2.47. The molecule has 2 unspecified atom stereocenters. The maximum atomic E-state index is 12.2. The molecule has 2 fully saturated rings. The Morgan fingerprint density at radius 2 is 2.18 bits per heavy atom. The van der Waals surface area contributed by atoms with Crippen molar-refractivity contribution < 1.29 is 9.53 Å². The number of ketones is 1. The van der Waals surface area contributed by atoms with E-state index < -0.39 is 0 Å². The number of hydrogen-bond donors (Lipinski definition) is 0. The summed E-state index contributed by atoms with van der Waals surface area (Å²) in [6.45, 7) is 5.65. The van der Waals surface area contributed by atoms with Crippen LogP contribution in [0.15, 0.2) is 12.1 Å². The van der Waals surface area contributed by atoms with Gasteiger partial charge in [0.15, 0.2) is 5.78 Å². The first-order chi connectivity index (χ1) is 8.25. The first-order valence-corrected chi connectivity index (χ1v) is 7.00. The van der Waals surface area contributed by atoms with Gasteiger partial charge in [0.2, 0.25) is 0 Å². The van der Waals surface area contributed by atoms with Crippen LogP contribution in [0.1, 0.15) is 21.0 Å². The fourth-order valence-corrected chi connectivity index (χ4v) is 3.40. The maximum Gasteiger partial charge on any atom is 0.177 e. The number of rotatable bonds is 3. The second kappa shape index (κ2) is 4.52. The molecule has 17 heavy (non-hydrogen) atoms. The summed E-state index contributed by atoms with van der Waals surface area (Å²) in [5.41, 5.74) is 0. The Balaban J connectivity index is 1.62. The zero-order valence-corrected chi connectivity index (χ0v) is 10.8. The Hall–Kier alpha value is -0.710. The molecule has 1 aliphatic heterocycles. The first kappa shape index (κ1) is 11.4. The number of nitrogens with zero attached hydrogens (tertiary/aromatic N) is 1. The maximum absolute atomic E-state index is 12.2. The van der Waals surface area contributed by atoms with Crippen molar-refractivity contribution in [2.45, 2.75) is 19.4 Å². The Kier molecular flexibility index (Phi) is 3.03. The molecular weight excluding hydrogens is 234 g/mol. The van der Waals surface area contributed by atoms with E-state index >= 15 is 0 Å². The van der Waals surface area contributed by atoms with E-state index in [4.69, 9.17) is 4.74 Å². The summed E-state index contributed by atoms with van der Waals surface area (Å²) in [7, 11) is 0. The molecule has 1 saturated carbocycles. The van der Waals surface area contributed by atoms with Gasteiger partial charge in [0.1, 0.15) is 0 Å². The average Bonchev–Trinajstić information content (AvgIpc) is 3.05. The summed E-state index contributed by atoms with van der Waals surface area (Å²) in [5.74, 6) is 0.589. The average molecular weight is 251 g/mol. The molecule has 0 bridgehead atoms. The summed E-state index contributed by atoms with van der Waals surface area (Å²) in [4.78, 5) is 16.8. The van der Waals surface area contributed by atoms with E-state index in [0.717, 1.165) is 37.6 Å². The summed E-state index contributed by atoms with van der Waals surface area (Å²) in [6.07, 6.45) is 1.04. The van der Waals surface area contributed by atoms with Crippen LogP contribution >= 0.6 is 11.3 Å². The van der Waals surface area contributed by atoms with Gasteiger partial charge in [0, 0.05) is 29.9 Å². The van der Waals surface area contributed by atoms with Gasteiger partial charge in [-0.3, -0.25) is 9.69 Å². The second-order valence-corrected chi connectivity index (χ2v) is 6.12. The fraction of sp³-hybridized carbons (Fsp3) is 0.615. The van der Waals surface area contributed by atoms with Gasteiger partial charge in [-0.05, 0) is 25.5 Å². The highest BCUT2D eigenvalue weighted by Crippen LogP contribution is 2.39. The predicted molar refractivity (Wildman–Crippen MR) is 67.7 cm³/mol. The highest BCUT2D eigenvalue weighted by atomic mass is 32.1. The van der Waals surface area contributed by atoms with Crippen molar-refractivity contribution in [2.24, 2.45) is 5.92 Å². The van der Waals surface area contributed by atoms with Crippen LogP contribution in [0.3, 0.4) is 0 Å². The van der Waals surface area contributed by atoms with E-state index in [9.17, 15) is 4.79 Å². The van der Waals surface area contributed by atoms with Crippen LogP contribution < -0.4 is 0 Å². The van der Waals surface area contributed by atoms with E-state index in [1.54, 1.807) is 11.3 Å². The van der Waals surface area contributed by atoms with Gasteiger partial charge < -0.3 is 4.74 Å². The SMILES string of the molecule is Cc1ccc(C(=O)C2CC2N2CCOCC2)s1. The molecule has 1 aromatic heterocycles. The van der Waals surface area contributed by atoms with Gasteiger partial charge in [0.05, 0.1) is 18.1 Å². The van der Waals surface area contributed by atoms with Gasteiger partial charge in [-0.2, -0.15) is 0 Å². The van der Waals surface area contributed by atoms with Gasteiger partial charge in [0.25, 0.3) is 0 Å². The van der Waals surface area contributed by atoms with Crippen LogP contribution in [0.5, 0.6) is 0 Å². The minimum absolute atomic E-state index is 0.242. The molecule has 1 aliphatic carbocycles. The lowest BCUT2D eigenvalue weighted by molar-refractivity contribution is 0.0314. The van der Waals surface area contributed by atoms with Gasteiger partial charge in [-0.1, -0.05) is 0 Å². The Bertz CT molecular complexity index is 423. The highest BCUT2D eigenvalue weighted by molar-refractivity contribution is 7.14. The predicted octanol–water partition coefficient (Wildman–Crippen LogP) is 1.96. The molecule has 0 N–H and O–H groups in total. The lowest BCUT2D eigenvalue weighted by atomic mass is 10.2. The van der Waals surface area contributed by atoms with Crippen molar-refractivity contribution in [1.29, 1.82) is 0 Å². The van der Waals surface area contributed by atoms with Crippen LogP contribution in [0.25, 0.3) is 0 Å². The van der Waals surface area contributed by atoms with Crippen molar-refractivity contribution in [3.05, 3.63) is 21.9 Å². The lowest BCUT2D eigenvalue weighted by Crippen LogP contribution is -2.39. The van der Waals surface area contributed by atoms with Gasteiger partial charge in [-0.25, -0.2) is 0 Å². The molecule has 0 radical (unpaired) electrons. The van der Waals surface area contributed by atoms with Crippen LogP contribution in [0, 0.1) is 12.8 Å². The van der Waals surface area contributed by atoms with E-state index in [1.807, 2.05) is 19.1 Å². The molecular formula is C13H17NO2S. The third kappa shape index (κ3) is 2.30. The molecule has 2 atom stereocenters. The Morgan fingerprint density at radius 3 is 2.82 bits per heavy atom. The molecule has 1 saturated heterocycles. The molecule has 92 valence electrons. The largest absolute Gasteiger partial charge is 0.379 e. The number of aryl methyl sites for hydroxylation is 1. The van der Waals surface area contributed by atoms with Crippen molar-refractivity contribution in [3.63, 3.8) is 0 Å². The molecule has 3 rings (SSSR count). The molecule has 0 amide bonds. The number of carbonyl (C=O) groups is 1. The first-order valence-electron chi connectivity index (χ1n) is 6.18. The number of morpholine rings is 1. The number of hydrogen-bond acceptors (Lipinski definition) is 4. The van der Waals surface area contributed by atoms with Crippen LogP contribution in [-0.4, -0.2) is 43.0 Å². The van der Waals surface area contributed by atoms with Crippen LogP contribution in [-0.2, 0) is 4.74 Å². The number of ether oxygens (including phenoxy) is 1. The van der Waals surface area contributed by atoms with E-state index in [2.05, 4.69) is 4.90 Å². The standard InChI is InChI=1S/C13H17NO2S/c1-9-2-3-12(17-9)13(15)10-8-11(10)14-4-6-16-7-5-14/h2-3,10-11H,4-8H2,1H3. The number of thiophene rings is 1. The monoisotopic (exact) mass is 251 g/mol. The smallest absolute Gasteiger partial charge is 0.177 e. The summed E-state index contributed by atoms with van der Waals surface area (Å²) >= 11 is 1.62. The summed E-state index contributed by atoms with van der Waals surface area (Å²) in [5, 5.41) is 0. The molecule has 4 heteroatoms. The minimum atomic E-state index is 0.242. The second-order valence-electron chi connectivity index (χ2n) is 4.83. The molecule has 1 aromatic rings. The van der Waals surface area contributed by atoms with Crippen molar-refractivity contribution >= 4 is 17.1 Å². The van der Waals surface area contributed by atoms with Gasteiger partial charge in [-0.15, -0.1) is 11.3 Å². The topological polar surface area (TPSA) is 29.5 Å². The number of Topliss-reactive ketones (excluding diaryl/α,β-unsaturated/α-hetero) is 1. The Morgan fingerprint density at radius 1 is 1.41 bits per heavy atom. The normalized spacial score (nSPS) is 29.2. The minimum Gasteiger partial charge on any atom is -0.379 e. The molecule has 3 nitrogen and oxygen atoms in total. The van der Waals surface area contributed by atoms with E-state index in [0.29, 0.717) is 11.8 Å². The summed E-state index contributed by atoms with van der Waals surface area (Å²) in [6, 6.07) is 4.48. The summed E-state index contributed by atoms with van der Waals surface area (Å²) < 4.78 is 5.34. The number of carbonyl (C=O) groups excluding carboxylic acids is 1. The quantitative estimate of drug-likeness (QED) is 0.769. The Labute approximate surface area is 105 Å². The third-order valence-electron chi connectivity index (χ3n) is 3.59. The van der Waals surface area contributed by atoms with Crippen LogP contribution in [0.4, 0.5) is 0 Å². The zero-order chi connectivity index (χ0) is 11.8. The van der Waals surface area contributed by atoms with Gasteiger partial charge >= 0.3 is 0 Å². The van der Waals surface area contributed by atoms with Crippen LogP contribution in [0.2, 0.25) is 0 Å². The molecule has 0 aromatic carbocycles. The molecule has 0 spiro atoms. The van der Waals surface area contributed by atoms with Crippen molar-refractivity contribution in [1.82, 2.24) is 4.90 Å². The van der Waals surface area contributed by atoms with Crippen molar-refractivity contribution in [3.8, 4) is 0 Å². The third-order valence-corrected chi connectivity index (χ3v) is 4.61. The van der Waals surface area contributed by atoms with E-state index in [-0.39, 0.29) is 5.92 Å². The van der Waals surface area contributed by atoms with E-state index in [1.165, 1.54) is 4.88 Å². The fourth-order valence-electron chi connectivity index (χ4n) is 2.53. The molecule has 2 heterocycles. The van der Waals surface area contributed by atoms with Crippen molar-refractivity contribution in [2.75, 3.05) is 26.3 Å².